The van der Waals surface area contributed by atoms with E-state index in [0.717, 1.165) is 11.3 Å². The van der Waals surface area contributed by atoms with Crippen LogP contribution in [0, 0.1) is 0 Å². The lowest BCUT2D eigenvalue weighted by atomic mass is 10.1. The summed E-state index contributed by atoms with van der Waals surface area (Å²) in [6.45, 7) is 1.25. The molecule has 3 N–H and O–H groups in total. The molecule has 4 heterocycles. The third-order valence-electron chi connectivity index (χ3n) is 5.64. The van der Waals surface area contributed by atoms with Crippen molar-refractivity contribution in [2.75, 3.05) is 31.8 Å². The smallest absolute Gasteiger partial charge is 0.256 e. The number of anilines is 4. The van der Waals surface area contributed by atoms with E-state index in [9.17, 15) is 4.79 Å². The third kappa shape index (κ3) is 4.66. The zero-order valence-electron chi connectivity index (χ0n) is 20.4. The third-order valence-corrected chi connectivity index (χ3v) is 5.64. The molecule has 1 aromatic carbocycles. The first kappa shape index (κ1) is 23.2. The minimum Gasteiger partial charge on any atom is -0.494 e. The molecule has 0 aliphatic carbocycles. The minimum absolute atomic E-state index is 0.277. The maximum absolute atomic E-state index is 12.6. The number of hydrogen-bond donors (Lipinski definition) is 3. The zero-order valence-corrected chi connectivity index (χ0v) is 20.4. The molecule has 0 fully saturated rings. The Morgan fingerprint density at radius 2 is 1.97 bits per heavy atom. The second kappa shape index (κ2) is 9.58. The van der Waals surface area contributed by atoms with Crippen LogP contribution < -0.4 is 20.7 Å². The van der Waals surface area contributed by atoms with Crippen molar-refractivity contribution in [2.24, 2.45) is 7.05 Å². The van der Waals surface area contributed by atoms with Gasteiger partial charge in [-0.2, -0.15) is 10.1 Å². The van der Waals surface area contributed by atoms with Gasteiger partial charge in [-0.05, 0) is 36.9 Å². The Morgan fingerprint density at radius 3 is 2.72 bits per heavy atom. The number of methoxy groups -OCH3 is 1. The van der Waals surface area contributed by atoms with Crippen LogP contribution in [0.1, 0.15) is 21.6 Å². The van der Waals surface area contributed by atoms with Crippen molar-refractivity contribution in [3.8, 4) is 17.1 Å². The molecule has 0 saturated carbocycles. The fourth-order valence-electron chi connectivity index (χ4n) is 4.08. The fourth-order valence-corrected chi connectivity index (χ4v) is 4.08. The Kier molecular flexibility index (Phi) is 6.17. The normalized spacial score (nSPS) is 13.2. The Hall–Kier alpha value is -4.58. The predicted molar refractivity (Wildman–Crippen MR) is 134 cm³/mol. The van der Waals surface area contributed by atoms with E-state index < -0.39 is 0 Å². The van der Waals surface area contributed by atoms with Crippen molar-refractivity contribution in [2.45, 2.75) is 13.1 Å². The first-order valence-corrected chi connectivity index (χ1v) is 11.3. The first-order valence-electron chi connectivity index (χ1n) is 11.3. The van der Waals surface area contributed by atoms with E-state index in [1.807, 2.05) is 44.4 Å². The van der Waals surface area contributed by atoms with Crippen LogP contribution in [0.2, 0.25) is 0 Å². The number of rotatable bonds is 3. The monoisotopic (exact) mass is 486 g/mol. The lowest BCUT2D eigenvalue weighted by molar-refractivity contribution is 0.0963. The van der Waals surface area contributed by atoms with Crippen molar-refractivity contribution in [3.05, 3.63) is 59.7 Å². The summed E-state index contributed by atoms with van der Waals surface area (Å²) in [5.41, 5.74) is 3.49. The maximum Gasteiger partial charge on any atom is 0.256 e. The first-order chi connectivity index (χ1) is 17.4. The molecule has 12 heteroatoms. The molecule has 4 aromatic rings. The van der Waals surface area contributed by atoms with Crippen molar-refractivity contribution >= 4 is 29.2 Å². The van der Waals surface area contributed by atoms with E-state index in [1.165, 1.54) is 6.20 Å². The topological polar surface area (TPSA) is 135 Å². The molecule has 36 heavy (non-hydrogen) atoms. The summed E-state index contributed by atoms with van der Waals surface area (Å²) in [7, 11) is 6.98. The van der Waals surface area contributed by atoms with Gasteiger partial charge in [0.2, 0.25) is 5.95 Å². The van der Waals surface area contributed by atoms with Crippen LogP contribution in [-0.4, -0.2) is 61.7 Å². The number of carbonyl (C=O) groups excluding carboxylic acids is 1. The number of aromatic nitrogens is 6. The SMILES string of the molecule is CNC(=O)c1cnc2nc1Nc1cc(cc(-c3ncn(C)n3)c1OC)CN(C)Cc1cccc(n1)N2. The number of amides is 1. The lowest BCUT2D eigenvalue weighted by Crippen LogP contribution is -2.21. The van der Waals surface area contributed by atoms with Gasteiger partial charge in [-0.3, -0.25) is 14.4 Å². The van der Waals surface area contributed by atoms with Crippen LogP contribution >= 0.6 is 0 Å². The maximum atomic E-state index is 12.6. The molecular weight excluding hydrogens is 460 g/mol. The van der Waals surface area contributed by atoms with Crippen molar-refractivity contribution in [3.63, 3.8) is 0 Å². The summed E-state index contributed by atoms with van der Waals surface area (Å²) >= 11 is 0. The largest absolute Gasteiger partial charge is 0.494 e. The number of ether oxygens (including phenoxy) is 1. The summed E-state index contributed by atoms with van der Waals surface area (Å²) < 4.78 is 7.45. The minimum atomic E-state index is -0.327. The molecule has 0 unspecified atom stereocenters. The molecule has 0 radical (unpaired) electrons. The fraction of sp³-hybridized carbons (Fsp3) is 0.250. The van der Waals surface area contributed by atoms with Crippen LogP contribution in [0.5, 0.6) is 5.75 Å². The number of hydrogen-bond acceptors (Lipinski definition) is 10. The number of pyridine rings is 1. The van der Waals surface area contributed by atoms with Crippen molar-refractivity contribution in [1.29, 1.82) is 0 Å². The van der Waals surface area contributed by atoms with Crippen LogP contribution in [-0.2, 0) is 20.1 Å². The van der Waals surface area contributed by atoms with Gasteiger partial charge in [-0.15, -0.1) is 0 Å². The predicted octanol–water partition coefficient (Wildman–Crippen LogP) is 2.47. The van der Waals surface area contributed by atoms with Gasteiger partial charge < -0.3 is 20.7 Å². The van der Waals surface area contributed by atoms with Gasteiger partial charge >= 0.3 is 0 Å². The summed E-state index contributed by atoms with van der Waals surface area (Å²) in [5, 5.41) is 13.6. The number of carbonyl (C=O) groups is 1. The number of benzene rings is 1. The quantitative estimate of drug-likeness (QED) is 0.396. The highest BCUT2D eigenvalue weighted by Crippen LogP contribution is 2.38. The number of nitrogens with zero attached hydrogens (tertiary/aromatic N) is 7. The summed E-state index contributed by atoms with van der Waals surface area (Å²) in [5.74, 6) is 1.94. The van der Waals surface area contributed by atoms with E-state index in [-0.39, 0.29) is 11.5 Å². The molecule has 6 bridgehead atoms. The Bertz CT molecular complexity index is 1430. The number of fused-ring (bicyclic) bond motifs is 6. The van der Waals surface area contributed by atoms with Gasteiger partial charge in [0.25, 0.3) is 5.91 Å². The molecule has 184 valence electrons. The van der Waals surface area contributed by atoms with Gasteiger partial charge in [-0.1, -0.05) is 6.07 Å². The highest BCUT2D eigenvalue weighted by molar-refractivity contribution is 5.99. The number of aryl methyl sites for hydroxylation is 1. The van der Waals surface area contributed by atoms with Gasteiger partial charge in [-0.25, -0.2) is 15.0 Å². The van der Waals surface area contributed by atoms with E-state index in [2.05, 4.69) is 45.9 Å². The number of nitrogens with one attached hydrogen (secondary N) is 3. The molecule has 1 aliphatic rings. The Balaban J connectivity index is 1.71. The highest BCUT2D eigenvalue weighted by atomic mass is 16.5. The molecular formula is C24H26N10O2. The second-order valence-electron chi connectivity index (χ2n) is 8.44. The van der Waals surface area contributed by atoms with E-state index in [1.54, 1.807) is 25.2 Å². The zero-order chi connectivity index (χ0) is 25.2. The van der Waals surface area contributed by atoms with Gasteiger partial charge in [0.1, 0.15) is 23.5 Å². The molecule has 0 atom stereocenters. The van der Waals surface area contributed by atoms with Gasteiger partial charge in [0.15, 0.2) is 11.6 Å². The van der Waals surface area contributed by atoms with Gasteiger partial charge in [0, 0.05) is 33.4 Å². The molecule has 12 nitrogen and oxygen atoms in total. The van der Waals surface area contributed by atoms with Crippen molar-refractivity contribution in [1.82, 2.24) is 39.9 Å². The van der Waals surface area contributed by atoms with Crippen LogP contribution in [0.4, 0.5) is 23.3 Å². The summed E-state index contributed by atoms with van der Waals surface area (Å²) in [6.07, 6.45) is 3.11. The average Bonchev–Trinajstić information content (AvgIpc) is 3.29. The van der Waals surface area contributed by atoms with E-state index in [0.29, 0.717) is 53.5 Å². The molecule has 0 saturated heterocycles. The average molecular weight is 487 g/mol. The Labute approximate surface area is 207 Å². The van der Waals surface area contributed by atoms with Crippen molar-refractivity contribution < 1.29 is 9.53 Å². The standard InChI is InChI=1S/C24H26N10O2/c1-25-23(35)17-10-26-24-30-19-7-5-6-15(28-19)12-33(2)11-14-8-16(21-27-13-34(3)32-21)20(36-4)18(9-14)29-22(17)31-24/h5-10,13H,11-12H2,1-4H3,(H,25,35)(H2,26,28,29,30,31). The van der Waals surface area contributed by atoms with Crippen LogP contribution in [0.3, 0.4) is 0 Å². The summed E-state index contributed by atoms with van der Waals surface area (Å²) in [6, 6.07) is 9.73. The second-order valence-corrected chi connectivity index (χ2v) is 8.44. The molecule has 3 aromatic heterocycles. The van der Waals surface area contributed by atoms with Crippen LogP contribution in [0.25, 0.3) is 11.4 Å². The summed E-state index contributed by atoms with van der Waals surface area (Å²) in [4.78, 5) is 32.8. The Morgan fingerprint density at radius 1 is 1.11 bits per heavy atom. The molecule has 1 amide bonds. The highest BCUT2D eigenvalue weighted by Gasteiger charge is 2.21. The molecule has 5 rings (SSSR count). The van der Waals surface area contributed by atoms with E-state index in [4.69, 9.17) is 4.74 Å². The lowest BCUT2D eigenvalue weighted by Gasteiger charge is -2.21. The molecule has 0 spiro atoms. The van der Waals surface area contributed by atoms with Gasteiger partial charge in [0.05, 0.1) is 24.1 Å². The van der Waals surface area contributed by atoms with E-state index >= 15 is 0 Å². The molecule has 1 aliphatic heterocycles. The van der Waals surface area contributed by atoms with Crippen LogP contribution in [0.15, 0.2) is 42.9 Å².